The van der Waals surface area contributed by atoms with E-state index in [-0.39, 0.29) is 5.91 Å². The number of aryl methyl sites for hydroxylation is 3. The van der Waals surface area contributed by atoms with E-state index in [0.29, 0.717) is 16.9 Å². The van der Waals surface area contributed by atoms with Gasteiger partial charge in [0.25, 0.3) is 5.91 Å². The minimum absolute atomic E-state index is 0.249. The third kappa shape index (κ3) is 3.04. The van der Waals surface area contributed by atoms with E-state index in [2.05, 4.69) is 36.9 Å². The highest BCUT2D eigenvalue weighted by Crippen LogP contribution is 2.22. The molecule has 0 saturated carbocycles. The van der Waals surface area contributed by atoms with Crippen LogP contribution in [0.3, 0.4) is 0 Å². The molecule has 0 unspecified atom stereocenters. The lowest BCUT2D eigenvalue weighted by molar-refractivity contribution is 0.0998. The molecule has 2 aromatic carbocycles. The van der Waals surface area contributed by atoms with Crippen LogP contribution in [0.4, 0.5) is 0 Å². The molecule has 0 spiro atoms. The van der Waals surface area contributed by atoms with Crippen LogP contribution in [-0.4, -0.2) is 10.5 Å². The number of benzene rings is 2. The van der Waals surface area contributed by atoms with Crippen molar-refractivity contribution >= 4 is 27.5 Å². The number of fused-ring (bicyclic) bond motifs is 1. The van der Waals surface area contributed by atoms with Crippen LogP contribution in [0.15, 0.2) is 41.4 Å². The SMILES string of the molecule is C#CCn1c(=NC(=O)c2ccc(C)cc2)sc2cc(C)c(C)cc21. The molecule has 0 radical (unpaired) electrons. The highest BCUT2D eigenvalue weighted by atomic mass is 32.1. The summed E-state index contributed by atoms with van der Waals surface area (Å²) >= 11 is 1.49. The van der Waals surface area contributed by atoms with Crippen LogP contribution in [-0.2, 0) is 6.54 Å². The molecule has 0 saturated heterocycles. The third-order valence-electron chi connectivity index (χ3n) is 4.04. The van der Waals surface area contributed by atoms with Gasteiger partial charge in [-0.05, 0) is 56.2 Å². The molecule has 120 valence electrons. The molecule has 0 fully saturated rings. The zero-order valence-corrected chi connectivity index (χ0v) is 14.8. The third-order valence-corrected chi connectivity index (χ3v) is 5.08. The molecule has 0 aliphatic carbocycles. The lowest BCUT2D eigenvalue weighted by Gasteiger charge is -2.03. The molecule has 24 heavy (non-hydrogen) atoms. The molecular formula is C20H18N2OS. The number of nitrogens with zero attached hydrogens (tertiary/aromatic N) is 2. The Balaban J connectivity index is 2.17. The molecule has 1 amide bonds. The number of thiazole rings is 1. The summed E-state index contributed by atoms with van der Waals surface area (Å²) in [6.07, 6.45) is 5.51. The van der Waals surface area contributed by atoms with Gasteiger partial charge < -0.3 is 4.57 Å². The van der Waals surface area contributed by atoms with Gasteiger partial charge >= 0.3 is 0 Å². The van der Waals surface area contributed by atoms with Crippen molar-refractivity contribution in [2.75, 3.05) is 0 Å². The smallest absolute Gasteiger partial charge is 0.279 e. The van der Waals surface area contributed by atoms with Crippen LogP contribution >= 0.6 is 11.3 Å². The maximum Gasteiger partial charge on any atom is 0.279 e. The zero-order valence-electron chi connectivity index (χ0n) is 14.0. The monoisotopic (exact) mass is 334 g/mol. The Morgan fingerprint density at radius 2 is 1.83 bits per heavy atom. The van der Waals surface area contributed by atoms with E-state index in [9.17, 15) is 4.79 Å². The Labute approximate surface area is 145 Å². The van der Waals surface area contributed by atoms with Gasteiger partial charge in [-0.15, -0.1) is 6.42 Å². The summed E-state index contributed by atoms with van der Waals surface area (Å²) in [7, 11) is 0. The van der Waals surface area contributed by atoms with Gasteiger partial charge in [0.2, 0.25) is 0 Å². The van der Waals surface area contributed by atoms with Crippen LogP contribution in [0.25, 0.3) is 10.2 Å². The maximum atomic E-state index is 12.5. The number of amides is 1. The minimum Gasteiger partial charge on any atom is -0.305 e. The first-order chi connectivity index (χ1) is 11.5. The van der Waals surface area contributed by atoms with E-state index in [0.717, 1.165) is 15.8 Å². The van der Waals surface area contributed by atoms with E-state index in [4.69, 9.17) is 6.42 Å². The highest BCUT2D eigenvalue weighted by Gasteiger charge is 2.10. The predicted molar refractivity (Wildman–Crippen MR) is 99.2 cm³/mol. The first kappa shape index (κ1) is 16.2. The summed E-state index contributed by atoms with van der Waals surface area (Å²) in [5, 5.41) is 0. The lowest BCUT2D eigenvalue weighted by atomic mass is 10.1. The fourth-order valence-corrected chi connectivity index (χ4v) is 3.61. The second kappa shape index (κ2) is 6.46. The number of terminal acetylenes is 1. The molecule has 3 rings (SSSR count). The molecule has 1 heterocycles. The van der Waals surface area contributed by atoms with Crippen molar-refractivity contribution in [3.8, 4) is 12.3 Å². The average molecular weight is 334 g/mol. The van der Waals surface area contributed by atoms with E-state index in [1.807, 2.05) is 23.6 Å². The number of carbonyl (C=O) groups excluding carboxylic acids is 1. The summed E-state index contributed by atoms with van der Waals surface area (Å²) in [5.74, 6) is 2.41. The summed E-state index contributed by atoms with van der Waals surface area (Å²) in [4.78, 5) is 17.4. The first-order valence-corrected chi connectivity index (χ1v) is 8.51. The molecule has 0 N–H and O–H groups in total. The van der Waals surface area contributed by atoms with E-state index in [1.54, 1.807) is 12.1 Å². The Morgan fingerprint density at radius 1 is 1.17 bits per heavy atom. The van der Waals surface area contributed by atoms with E-state index < -0.39 is 0 Å². The van der Waals surface area contributed by atoms with Crippen LogP contribution in [0, 0.1) is 33.1 Å². The standard InChI is InChI=1S/C20H18N2OS/c1-5-10-22-17-11-14(3)15(4)12-18(17)24-20(22)21-19(23)16-8-6-13(2)7-9-16/h1,6-9,11-12H,10H2,2-4H3. The molecule has 0 bridgehead atoms. The summed E-state index contributed by atoms with van der Waals surface area (Å²) in [5.41, 5.74) is 5.13. The molecule has 1 aromatic heterocycles. The molecule has 0 atom stereocenters. The van der Waals surface area contributed by atoms with Crippen LogP contribution in [0.2, 0.25) is 0 Å². The van der Waals surface area contributed by atoms with Gasteiger partial charge in [-0.25, -0.2) is 0 Å². The maximum absolute atomic E-state index is 12.5. The number of carbonyl (C=O) groups is 1. The normalized spacial score (nSPS) is 11.7. The molecule has 0 aliphatic rings. The van der Waals surface area contributed by atoms with Crippen LogP contribution in [0.5, 0.6) is 0 Å². The predicted octanol–water partition coefficient (Wildman–Crippen LogP) is 4.00. The van der Waals surface area contributed by atoms with Gasteiger partial charge in [-0.3, -0.25) is 4.79 Å². The molecule has 3 aromatic rings. The Hall–Kier alpha value is -2.64. The van der Waals surface area contributed by atoms with Gasteiger partial charge in [0.1, 0.15) is 0 Å². The van der Waals surface area contributed by atoms with Crippen molar-refractivity contribution in [3.05, 3.63) is 63.5 Å². The van der Waals surface area contributed by atoms with Crippen molar-refractivity contribution in [2.45, 2.75) is 27.3 Å². The average Bonchev–Trinajstić information content (AvgIpc) is 2.86. The van der Waals surface area contributed by atoms with Crippen LogP contribution < -0.4 is 4.80 Å². The van der Waals surface area contributed by atoms with Crippen LogP contribution in [0.1, 0.15) is 27.0 Å². The van der Waals surface area contributed by atoms with Crippen molar-refractivity contribution in [1.82, 2.24) is 4.57 Å². The van der Waals surface area contributed by atoms with Gasteiger partial charge in [0.05, 0.1) is 16.8 Å². The largest absolute Gasteiger partial charge is 0.305 e. The van der Waals surface area contributed by atoms with Gasteiger partial charge in [-0.1, -0.05) is 35.0 Å². The summed E-state index contributed by atoms with van der Waals surface area (Å²) < 4.78 is 3.02. The first-order valence-electron chi connectivity index (χ1n) is 7.69. The fourth-order valence-electron chi connectivity index (χ4n) is 2.50. The van der Waals surface area contributed by atoms with Crippen molar-refractivity contribution in [2.24, 2.45) is 4.99 Å². The van der Waals surface area contributed by atoms with Crippen molar-refractivity contribution < 1.29 is 4.79 Å². The number of rotatable bonds is 2. The van der Waals surface area contributed by atoms with Crippen molar-refractivity contribution in [1.29, 1.82) is 0 Å². The van der Waals surface area contributed by atoms with Gasteiger partial charge in [0.15, 0.2) is 4.80 Å². The van der Waals surface area contributed by atoms with Crippen molar-refractivity contribution in [3.63, 3.8) is 0 Å². The van der Waals surface area contributed by atoms with E-state index in [1.165, 1.54) is 22.5 Å². The second-order valence-corrected chi connectivity index (χ2v) is 6.87. The number of aromatic nitrogens is 1. The Morgan fingerprint density at radius 3 is 2.50 bits per heavy atom. The highest BCUT2D eigenvalue weighted by molar-refractivity contribution is 7.16. The lowest BCUT2D eigenvalue weighted by Crippen LogP contribution is -2.16. The minimum atomic E-state index is -0.249. The van der Waals surface area contributed by atoms with Gasteiger partial charge in [0, 0.05) is 5.56 Å². The quantitative estimate of drug-likeness (QED) is 0.652. The zero-order chi connectivity index (χ0) is 17.3. The summed E-state index contributed by atoms with van der Waals surface area (Å²) in [6.45, 7) is 6.53. The topological polar surface area (TPSA) is 34.4 Å². The second-order valence-electron chi connectivity index (χ2n) is 5.86. The fraction of sp³-hybridized carbons (Fsp3) is 0.200. The molecule has 3 nitrogen and oxygen atoms in total. The number of hydrogen-bond donors (Lipinski definition) is 0. The molecule has 0 aliphatic heterocycles. The Bertz CT molecular complexity index is 1030. The Kier molecular flexibility index (Phi) is 4.37. The molecular weight excluding hydrogens is 316 g/mol. The van der Waals surface area contributed by atoms with E-state index >= 15 is 0 Å². The summed E-state index contributed by atoms with van der Waals surface area (Å²) in [6, 6.07) is 11.7. The number of hydrogen-bond acceptors (Lipinski definition) is 2. The molecule has 4 heteroatoms. The van der Waals surface area contributed by atoms with Gasteiger partial charge in [-0.2, -0.15) is 4.99 Å².